The molecule has 166 valence electrons. The van der Waals surface area contributed by atoms with Crippen LogP contribution < -0.4 is 10.1 Å². The van der Waals surface area contributed by atoms with Crippen LogP contribution in [-0.4, -0.2) is 54.5 Å². The Balaban J connectivity index is 1.43. The summed E-state index contributed by atoms with van der Waals surface area (Å²) < 4.78 is 5.74. The molecule has 0 aliphatic carbocycles. The first-order valence-corrected chi connectivity index (χ1v) is 11.1. The summed E-state index contributed by atoms with van der Waals surface area (Å²) in [7, 11) is 0. The molecule has 1 saturated heterocycles. The zero-order valence-electron chi connectivity index (χ0n) is 18.1. The van der Waals surface area contributed by atoms with Crippen LogP contribution >= 0.6 is 11.6 Å². The number of ether oxygens (including phenoxy) is 1. The molecule has 6 nitrogen and oxygen atoms in total. The molecule has 1 heterocycles. The van der Waals surface area contributed by atoms with Crippen molar-refractivity contribution in [1.29, 1.82) is 0 Å². The van der Waals surface area contributed by atoms with Crippen LogP contribution in [0.5, 0.6) is 5.75 Å². The highest BCUT2D eigenvalue weighted by Crippen LogP contribution is 2.19. The molecule has 0 bridgehead atoms. The molecule has 0 atom stereocenters. The molecule has 7 heteroatoms. The zero-order chi connectivity index (χ0) is 22.2. The Hall–Kier alpha value is -2.73. The Morgan fingerprint density at radius 2 is 1.74 bits per heavy atom. The lowest BCUT2D eigenvalue weighted by Gasteiger charge is -2.22. The van der Waals surface area contributed by atoms with Gasteiger partial charge in [0.1, 0.15) is 5.75 Å². The van der Waals surface area contributed by atoms with Crippen molar-refractivity contribution in [3.8, 4) is 5.75 Å². The second-order valence-corrected chi connectivity index (χ2v) is 8.42. The van der Waals surface area contributed by atoms with Crippen LogP contribution in [0.15, 0.2) is 48.5 Å². The lowest BCUT2D eigenvalue weighted by atomic mass is 10.0. The van der Waals surface area contributed by atoms with Crippen molar-refractivity contribution >= 4 is 29.2 Å². The third kappa shape index (κ3) is 6.89. The molecule has 0 radical (unpaired) electrons. The fraction of sp³-hybridized carbons (Fsp3) is 0.417. The quantitative estimate of drug-likeness (QED) is 0.683. The van der Waals surface area contributed by atoms with Crippen molar-refractivity contribution < 1.29 is 14.3 Å². The molecule has 0 saturated carbocycles. The summed E-state index contributed by atoms with van der Waals surface area (Å²) in [5.41, 5.74) is 1.92. The van der Waals surface area contributed by atoms with E-state index in [0.29, 0.717) is 55.8 Å². The first-order chi connectivity index (χ1) is 14.9. The average molecular weight is 444 g/mol. The summed E-state index contributed by atoms with van der Waals surface area (Å²) >= 11 is 5.97. The molecule has 0 unspecified atom stereocenters. The number of hydrogen-bond acceptors (Lipinski definition) is 3. The van der Waals surface area contributed by atoms with Crippen molar-refractivity contribution in [1.82, 2.24) is 9.80 Å². The van der Waals surface area contributed by atoms with Gasteiger partial charge in [0.05, 0.1) is 13.0 Å². The minimum absolute atomic E-state index is 0.0518. The third-order valence-corrected chi connectivity index (χ3v) is 5.58. The van der Waals surface area contributed by atoms with Gasteiger partial charge in [0.2, 0.25) is 5.91 Å². The minimum Gasteiger partial charge on any atom is -0.493 e. The largest absolute Gasteiger partial charge is 0.493 e. The van der Waals surface area contributed by atoms with Crippen LogP contribution in [0.4, 0.5) is 10.5 Å². The van der Waals surface area contributed by atoms with Crippen molar-refractivity contribution in [3.05, 3.63) is 59.1 Å². The number of carbonyl (C=O) groups excluding carboxylic acids is 2. The molecule has 0 aromatic heterocycles. The molecule has 1 aliphatic heterocycles. The highest BCUT2D eigenvalue weighted by molar-refractivity contribution is 6.30. The number of benzene rings is 2. The van der Waals surface area contributed by atoms with E-state index in [-0.39, 0.29) is 11.9 Å². The summed E-state index contributed by atoms with van der Waals surface area (Å²) in [5.74, 6) is 1.30. The topological polar surface area (TPSA) is 61.9 Å². The SMILES string of the molecule is CC(C)c1ccc(OCCC(=O)N2CCCN(C(=O)Nc3cccc(Cl)c3)CC2)cc1. The summed E-state index contributed by atoms with van der Waals surface area (Å²) in [6.45, 7) is 6.91. The number of rotatable bonds is 6. The Labute approximate surface area is 189 Å². The van der Waals surface area contributed by atoms with Gasteiger partial charge in [0.15, 0.2) is 0 Å². The van der Waals surface area contributed by atoms with E-state index in [1.807, 2.05) is 17.0 Å². The maximum Gasteiger partial charge on any atom is 0.321 e. The van der Waals surface area contributed by atoms with Crippen LogP contribution in [-0.2, 0) is 4.79 Å². The Bertz CT molecular complexity index is 886. The lowest BCUT2D eigenvalue weighted by molar-refractivity contribution is -0.131. The van der Waals surface area contributed by atoms with Gasteiger partial charge in [0.25, 0.3) is 0 Å². The number of halogens is 1. The molecule has 31 heavy (non-hydrogen) atoms. The van der Waals surface area contributed by atoms with Gasteiger partial charge in [-0.05, 0) is 48.2 Å². The predicted octanol–water partition coefficient (Wildman–Crippen LogP) is 5.00. The second kappa shape index (κ2) is 11.0. The smallest absolute Gasteiger partial charge is 0.321 e. The molecule has 1 fully saturated rings. The Kier molecular flexibility index (Phi) is 8.18. The van der Waals surface area contributed by atoms with E-state index >= 15 is 0 Å². The van der Waals surface area contributed by atoms with Gasteiger partial charge < -0.3 is 19.9 Å². The fourth-order valence-corrected chi connectivity index (χ4v) is 3.69. The molecule has 3 rings (SSSR count). The Morgan fingerprint density at radius 1 is 1.03 bits per heavy atom. The standard InChI is InChI=1S/C24H30ClN3O3/c1-18(2)19-7-9-22(10-8-19)31-16-11-23(29)27-12-4-13-28(15-14-27)24(30)26-21-6-3-5-20(25)17-21/h3,5-10,17-18H,4,11-16H2,1-2H3,(H,26,30). The van der Waals surface area contributed by atoms with Crippen LogP contribution in [0.1, 0.15) is 38.2 Å². The van der Waals surface area contributed by atoms with E-state index in [0.717, 1.165) is 12.2 Å². The normalized spacial score (nSPS) is 14.3. The van der Waals surface area contributed by atoms with Crippen molar-refractivity contribution in [2.75, 3.05) is 38.1 Å². The van der Waals surface area contributed by atoms with Crippen molar-refractivity contribution in [2.24, 2.45) is 0 Å². The maximum atomic E-state index is 12.6. The van der Waals surface area contributed by atoms with Gasteiger partial charge in [-0.1, -0.05) is 43.6 Å². The first kappa shape index (κ1) is 22.9. The zero-order valence-corrected chi connectivity index (χ0v) is 18.9. The molecule has 1 aliphatic rings. The first-order valence-electron chi connectivity index (χ1n) is 10.7. The van der Waals surface area contributed by atoms with E-state index in [2.05, 4.69) is 31.3 Å². The van der Waals surface area contributed by atoms with Crippen LogP contribution in [0.2, 0.25) is 5.02 Å². The van der Waals surface area contributed by atoms with E-state index in [9.17, 15) is 9.59 Å². The number of nitrogens with one attached hydrogen (secondary N) is 1. The fourth-order valence-electron chi connectivity index (χ4n) is 3.50. The highest BCUT2D eigenvalue weighted by Gasteiger charge is 2.22. The monoisotopic (exact) mass is 443 g/mol. The summed E-state index contributed by atoms with van der Waals surface area (Å²) in [6.07, 6.45) is 1.06. The molecule has 0 spiro atoms. The second-order valence-electron chi connectivity index (χ2n) is 7.98. The Morgan fingerprint density at radius 3 is 2.45 bits per heavy atom. The van der Waals surface area contributed by atoms with E-state index < -0.39 is 0 Å². The number of urea groups is 1. The maximum absolute atomic E-state index is 12.6. The molecular weight excluding hydrogens is 414 g/mol. The highest BCUT2D eigenvalue weighted by atomic mass is 35.5. The van der Waals surface area contributed by atoms with Gasteiger partial charge in [-0.25, -0.2) is 4.79 Å². The van der Waals surface area contributed by atoms with E-state index in [4.69, 9.17) is 16.3 Å². The minimum atomic E-state index is -0.176. The number of anilines is 1. The van der Waals surface area contributed by atoms with Gasteiger partial charge >= 0.3 is 6.03 Å². The third-order valence-electron chi connectivity index (χ3n) is 5.34. The summed E-state index contributed by atoms with van der Waals surface area (Å²) in [4.78, 5) is 28.7. The molecular formula is C24H30ClN3O3. The number of nitrogens with zero attached hydrogens (tertiary/aromatic N) is 2. The van der Waals surface area contributed by atoms with Gasteiger partial charge in [-0.2, -0.15) is 0 Å². The van der Waals surface area contributed by atoms with Crippen molar-refractivity contribution in [3.63, 3.8) is 0 Å². The average Bonchev–Trinajstić information content (AvgIpc) is 3.00. The van der Waals surface area contributed by atoms with Crippen LogP contribution in [0.25, 0.3) is 0 Å². The summed E-state index contributed by atoms with van der Waals surface area (Å²) in [5, 5.41) is 3.44. The predicted molar refractivity (Wildman–Crippen MR) is 124 cm³/mol. The molecule has 1 N–H and O–H groups in total. The van der Waals surface area contributed by atoms with Crippen LogP contribution in [0, 0.1) is 0 Å². The molecule has 3 amide bonds. The lowest BCUT2D eigenvalue weighted by Crippen LogP contribution is -2.39. The number of amides is 3. The van der Waals surface area contributed by atoms with Crippen LogP contribution in [0.3, 0.4) is 0 Å². The van der Waals surface area contributed by atoms with Gasteiger partial charge in [-0.3, -0.25) is 4.79 Å². The number of carbonyl (C=O) groups is 2. The number of hydrogen-bond donors (Lipinski definition) is 1. The van der Waals surface area contributed by atoms with Crippen molar-refractivity contribution in [2.45, 2.75) is 32.6 Å². The van der Waals surface area contributed by atoms with E-state index in [1.165, 1.54) is 5.56 Å². The van der Waals surface area contributed by atoms with E-state index in [1.54, 1.807) is 29.2 Å². The van der Waals surface area contributed by atoms with Gasteiger partial charge in [-0.15, -0.1) is 0 Å². The molecule has 2 aromatic carbocycles. The summed E-state index contributed by atoms with van der Waals surface area (Å²) in [6, 6.07) is 14.9. The molecule has 2 aromatic rings. The van der Waals surface area contributed by atoms with Gasteiger partial charge in [0, 0.05) is 36.9 Å².